The van der Waals surface area contributed by atoms with E-state index in [1.54, 1.807) is 21.0 Å². The lowest BCUT2D eigenvalue weighted by atomic mass is 10.0. The van der Waals surface area contributed by atoms with Crippen molar-refractivity contribution in [3.8, 4) is 0 Å². The first-order chi connectivity index (χ1) is 7.43. The van der Waals surface area contributed by atoms with Crippen LogP contribution in [0, 0.1) is 5.92 Å². The molecule has 0 aromatic rings. The van der Waals surface area contributed by atoms with Gasteiger partial charge in [-0.1, -0.05) is 0 Å². The minimum atomic E-state index is -0.532. The number of carbonyl (C=O) groups is 2. The van der Waals surface area contributed by atoms with Gasteiger partial charge in [0.15, 0.2) is 0 Å². The Kier molecular flexibility index (Phi) is 4.26. The Balaban J connectivity index is 2.48. The van der Waals surface area contributed by atoms with E-state index in [1.807, 2.05) is 0 Å². The molecule has 16 heavy (non-hydrogen) atoms. The molecule has 1 rings (SSSR count). The third-order valence-corrected chi connectivity index (χ3v) is 2.63. The summed E-state index contributed by atoms with van der Waals surface area (Å²) in [7, 11) is 3.30. The zero-order valence-corrected chi connectivity index (χ0v) is 9.90. The van der Waals surface area contributed by atoms with Crippen molar-refractivity contribution in [2.45, 2.75) is 19.0 Å². The maximum Gasteiger partial charge on any atom is 0.244 e. The first kappa shape index (κ1) is 12.9. The molecule has 1 aliphatic rings. The number of amides is 2. The van der Waals surface area contributed by atoms with Gasteiger partial charge in [-0.3, -0.25) is 9.59 Å². The molecule has 2 amide bonds. The molecule has 0 aromatic heterocycles. The van der Waals surface area contributed by atoms with E-state index >= 15 is 0 Å². The average Bonchev–Trinajstić information content (AvgIpc) is 2.62. The lowest BCUT2D eigenvalue weighted by molar-refractivity contribution is -0.135. The highest BCUT2D eigenvalue weighted by molar-refractivity contribution is 5.88. The molecular weight excluding hydrogens is 210 g/mol. The molecule has 0 radical (unpaired) electrons. The Labute approximate surface area is 95.1 Å². The molecule has 1 saturated heterocycles. The summed E-state index contributed by atoms with van der Waals surface area (Å²) in [6.07, 6.45) is 0. The second-order valence-corrected chi connectivity index (χ2v) is 4.27. The normalized spacial score (nSPS) is 26.2. The van der Waals surface area contributed by atoms with Crippen LogP contribution in [0.15, 0.2) is 0 Å². The van der Waals surface area contributed by atoms with E-state index < -0.39 is 6.04 Å². The van der Waals surface area contributed by atoms with Gasteiger partial charge in [-0.15, -0.1) is 0 Å². The molecule has 0 aromatic carbocycles. The number of likely N-dealkylation sites (N-methyl/N-ethyl adjacent to an activating group) is 1. The standard InChI is InChI=1S/C10H19N3O3/c1-6(10(15)13(2)3)12-9(14)7-4-16-5-8(7)11/h6-8H,4-5,11H2,1-3H3,(H,12,14). The molecular formula is C10H19N3O3. The first-order valence-corrected chi connectivity index (χ1v) is 5.28. The van der Waals surface area contributed by atoms with E-state index in [-0.39, 0.29) is 23.8 Å². The molecule has 3 unspecified atom stereocenters. The first-order valence-electron chi connectivity index (χ1n) is 5.28. The summed E-state index contributed by atoms with van der Waals surface area (Å²) >= 11 is 0. The van der Waals surface area contributed by atoms with Crippen molar-refractivity contribution in [2.24, 2.45) is 11.7 Å². The Hall–Kier alpha value is -1.14. The smallest absolute Gasteiger partial charge is 0.244 e. The monoisotopic (exact) mass is 229 g/mol. The Bertz CT molecular complexity index is 280. The molecule has 6 nitrogen and oxygen atoms in total. The topological polar surface area (TPSA) is 84.7 Å². The number of hydrogen-bond acceptors (Lipinski definition) is 4. The van der Waals surface area contributed by atoms with Crippen LogP contribution in [-0.2, 0) is 14.3 Å². The predicted molar refractivity (Wildman–Crippen MR) is 58.6 cm³/mol. The molecule has 0 aliphatic carbocycles. The van der Waals surface area contributed by atoms with Gasteiger partial charge in [-0.2, -0.15) is 0 Å². The average molecular weight is 229 g/mol. The number of carbonyl (C=O) groups excluding carboxylic acids is 2. The van der Waals surface area contributed by atoms with Crippen LogP contribution >= 0.6 is 0 Å². The number of rotatable bonds is 3. The Morgan fingerprint density at radius 2 is 2.06 bits per heavy atom. The van der Waals surface area contributed by atoms with Crippen LogP contribution in [0.25, 0.3) is 0 Å². The van der Waals surface area contributed by atoms with Crippen molar-refractivity contribution in [2.75, 3.05) is 27.3 Å². The van der Waals surface area contributed by atoms with E-state index in [9.17, 15) is 9.59 Å². The van der Waals surface area contributed by atoms with Gasteiger partial charge in [0, 0.05) is 20.1 Å². The molecule has 1 aliphatic heterocycles. The highest BCUT2D eigenvalue weighted by Gasteiger charge is 2.32. The van der Waals surface area contributed by atoms with E-state index in [0.717, 1.165) is 0 Å². The van der Waals surface area contributed by atoms with Crippen molar-refractivity contribution < 1.29 is 14.3 Å². The van der Waals surface area contributed by atoms with Crippen molar-refractivity contribution in [3.05, 3.63) is 0 Å². The lowest BCUT2D eigenvalue weighted by Gasteiger charge is -2.20. The number of nitrogens with one attached hydrogen (secondary N) is 1. The van der Waals surface area contributed by atoms with Gasteiger partial charge in [0.25, 0.3) is 0 Å². The largest absolute Gasteiger partial charge is 0.379 e. The third-order valence-electron chi connectivity index (χ3n) is 2.63. The number of nitrogens with zero attached hydrogens (tertiary/aromatic N) is 1. The SMILES string of the molecule is CC(NC(=O)C1COCC1N)C(=O)N(C)C. The summed E-state index contributed by atoms with van der Waals surface area (Å²) in [5.74, 6) is -0.703. The molecule has 1 heterocycles. The number of nitrogens with two attached hydrogens (primary N) is 1. The van der Waals surface area contributed by atoms with Gasteiger partial charge < -0.3 is 20.7 Å². The van der Waals surface area contributed by atoms with Gasteiger partial charge in [0.05, 0.1) is 19.1 Å². The third kappa shape index (κ3) is 2.93. The summed E-state index contributed by atoms with van der Waals surface area (Å²) in [6.45, 7) is 2.38. The Morgan fingerprint density at radius 3 is 2.50 bits per heavy atom. The number of hydrogen-bond donors (Lipinski definition) is 2. The van der Waals surface area contributed by atoms with Crippen LogP contribution in [0.3, 0.4) is 0 Å². The fourth-order valence-corrected chi connectivity index (χ4v) is 1.61. The van der Waals surface area contributed by atoms with Crippen LogP contribution in [-0.4, -0.2) is 56.1 Å². The van der Waals surface area contributed by atoms with Crippen molar-refractivity contribution in [1.29, 1.82) is 0 Å². The highest BCUT2D eigenvalue weighted by Crippen LogP contribution is 2.11. The highest BCUT2D eigenvalue weighted by atomic mass is 16.5. The quantitative estimate of drug-likeness (QED) is 0.620. The van der Waals surface area contributed by atoms with E-state index in [2.05, 4.69) is 5.32 Å². The second kappa shape index (κ2) is 5.27. The van der Waals surface area contributed by atoms with Gasteiger partial charge in [-0.25, -0.2) is 0 Å². The van der Waals surface area contributed by atoms with E-state index in [1.165, 1.54) is 4.90 Å². The van der Waals surface area contributed by atoms with Gasteiger partial charge >= 0.3 is 0 Å². The van der Waals surface area contributed by atoms with Crippen molar-refractivity contribution in [3.63, 3.8) is 0 Å². The zero-order valence-electron chi connectivity index (χ0n) is 9.90. The van der Waals surface area contributed by atoms with Crippen LogP contribution in [0.5, 0.6) is 0 Å². The summed E-state index contributed by atoms with van der Waals surface area (Å²) in [5, 5.41) is 2.64. The maximum absolute atomic E-state index is 11.8. The molecule has 0 spiro atoms. The second-order valence-electron chi connectivity index (χ2n) is 4.27. The summed E-state index contributed by atoms with van der Waals surface area (Å²) < 4.78 is 5.10. The van der Waals surface area contributed by atoms with Gasteiger partial charge in [0.1, 0.15) is 6.04 Å². The zero-order chi connectivity index (χ0) is 12.3. The van der Waals surface area contributed by atoms with Crippen molar-refractivity contribution in [1.82, 2.24) is 10.2 Å². The number of ether oxygens (including phenoxy) is 1. The minimum Gasteiger partial charge on any atom is -0.379 e. The molecule has 92 valence electrons. The molecule has 6 heteroatoms. The minimum absolute atomic E-state index is 0.138. The fraction of sp³-hybridized carbons (Fsp3) is 0.800. The van der Waals surface area contributed by atoms with E-state index in [0.29, 0.717) is 13.2 Å². The van der Waals surface area contributed by atoms with Crippen LogP contribution in [0.1, 0.15) is 6.92 Å². The summed E-state index contributed by atoms with van der Waals surface area (Å²) in [6, 6.07) is -0.808. The van der Waals surface area contributed by atoms with E-state index in [4.69, 9.17) is 10.5 Å². The van der Waals surface area contributed by atoms with Crippen LogP contribution < -0.4 is 11.1 Å². The molecule has 3 atom stereocenters. The molecule has 1 fully saturated rings. The summed E-state index contributed by atoms with van der Waals surface area (Å²) in [5.41, 5.74) is 5.71. The predicted octanol–water partition coefficient (Wildman–Crippen LogP) is -1.45. The van der Waals surface area contributed by atoms with Crippen LogP contribution in [0.4, 0.5) is 0 Å². The lowest BCUT2D eigenvalue weighted by Crippen LogP contribution is -2.49. The molecule has 0 bridgehead atoms. The van der Waals surface area contributed by atoms with Crippen LogP contribution in [0.2, 0.25) is 0 Å². The maximum atomic E-state index is 11.8. The van der Waals surface area contributed by atoms with Gasteiger partial charge in [0.2, 0.25) is 11.8 Å². The van der Waals surface area contributed by atoms with Crippen molar-refractivity contribution >= 4 is 11.8 Å². The molecule has 0 saturated carbocycles. The summed E-state index contributed by atoms with van der Waals surface area (Å²) in [4.78, 5) is 24.7. The Morgan fingerprint density at radius 1 is 1.44 bits per heavy atom. The van der Waals surface area contributed by atoms with Gasteiger partial charge in [-0.05, 0) is 6.92 Å². The molecule has 3 N–H and O–H groups in total. The fourth-order valence-electron chi connectivity index (χ4n) is 1.61.